The predicted molar refractivity (Wildman–Crippen MR) is 63.4 cm³/mol. The summed E-state index contributed by atoms with van der Waals surface area (Å²) >= 11 is 0. The summed E-state index contributed by atoms with van der Waals surface area (Å²) in [6.07, 6.45) is 2.24. The highest BCUT2D eigenvalue weighted by Crippen LogP contribution is 2.41. The van der Waals surface area contributed by atoms with Crippen LogP contribution in [0.5, 0.6) is 0 Å². The zero-order valence-electron chi connectivity index (χ0n) is 10.7. The lowest BCUT2D eigenvalue weighted by Crippen LogP contribution is -2.59. The molecule has 0 spiro atoms. The van der Waals surface area contributed by atoms with Crippen molar-refractivity contribution in [3.8, 4) is 0 Å². The molecule has 0 aromatic heterocycles. The number of ether oxygens (including phenoxy) is 3. The average molecular weight is 231 g/mol. The van der Waals surface area contributed by atoms with Gasteiger partial charge in [-0.1, -0.05) is 13.8 Å². The first kappa shape index (κ1) is 13.9. The van der Waals surface area contributed by atoms with Crippen molar-refractivity contribution in [1.29, 1.82) is 0 Å². The van der Waals surface area contributed by atoms with E-state index in [-0.39, 0.29) is 11.5 Å². The molecule has 1 rings (SSSR count). The van der Waals surface area contributed by atoms with E-state index >= 15 is 0 Å². The SMILES string of the molecule is COCCOCCCOC1CC(N)C1(C)C. The van der Waals surface area contributed by atoms with Crippen molar-refractivity contribution in [1.82, 2.24) is 0 Å². The van der Waals surface area contributed by atoms with E-state index in [9.17, 15) is 0 Å². The van der Waals surface area contributed by atoms with Crippen molar-refractivity contribution in [3.63, 3.8) is 0 Å². The molecule has 96 valence electrons. The van der Waals surface area contributed by atoms with E-state index in [0.29, 0.717) is 19.3 Å². The van der Waals surface area contributed by atoms with Gasteiger partial charge < -0.3 is 19.9 Å². The second-order valence-corrected chi connectivity index (χ2v) is 4.98. The Labute approximate surface area is 98.4 Å². The summed E-state index contributed by atoms with van der Waals surface area (Å²) in [6.45, 7) is 7.15. The number of hydrogen-bond acceptors (Lipinski definition) is 4. The number of methoxy groups -OCH3 is 1. The first-order valence-corrected chi connectivity index (χ1v) is 6.03. The molecule has 0 bridgehead atoms. The summed E-state index contributed by atoms with van der Waals surface area (Å²) in [7, 11) is 1.67. The maximum absolute atomic E-state index is 5.91. The van der Waals surface area contributed by atoms with Gasteiger partial charge in [0.2, 0.25) is 0 Å². The highest BCUT2D eigenvalue weighted by Gasteiger charge is 2.46. The molecule has 2 unspecified atom stereocenters. The van der Waals surface area contributed by atoms with Crippen LogP contribution < -0.4 is 5.73 Å². The molecule has 0 radical (unpaired) electrons. The minimum absolute atomic E-state index is 0.136. The minimum atomic E-state index is 0.136. The van der Waals surface area contributed by atoms with Gasteiger partial charge in [0.1, 0.15) is 0 Å². The van der Waals surface area contributed by atoms with Gasteiger partial charge >= 0.3 is 0 Å². The summed E-state index contributed by atoms with van der Waals surface area (Å²) in [5.74, 6) is 0. The zero-order valence-corrected chi connectivity index (χ0v) is 10.7. The standard InChI is InChI=1S/C12H25NO3/c1-12(2)10(13)9-11(12)16-6-4-5-15-8-7-14-3/h10-11H,4-9,13H2,1-3H3. The third-order valence-corrected chi connectivity index (χ3v) is 3.44. The van der Waals surface area contributed by atoms with Crippen molar-refractivity contribution in [2.75, 3.05) is 33.5 Å². The normalized spacial score (nSPS) is 27.8. The van der Waals surface area contributed by atoms with E-state index in [1.165, 1.54) is 0 Å². The van der Waals surface area contributed by atoms with Gasteiger partial charge in [-0.15, -0.1) is 0 Å². The molecule has 16 heavy (non-hydrogen) atoms. The molecule has 4 nitrogen and oxygen atoms in total. The molecular weight excluding hydrogens is 206 g/mol. The smallest absolute Gasteiger partial charge is 0.0700 e. The van der Waals surface area contributed by atoms with E-state index in [0.717, 1.165) is 26.1 Å². The van der Waals surface area contributed by atoms with Crippen LogP contribution in [0.2, 0.25) is 0 Å². The van der Waals surface area contributed by atoms with Crippen LogP contribution in [-0.4, -0.2) is 45.7 Å². The first-order valence-electron chi connectivity index (χ1n) is 6.03. The van der Waals surface area contributed by atoms with E-state index in [1.54, 1.807) is 7.11 Å². The van der Waals surface area contributed by atoms with Crippen LogP contribution in [0, 0.1) is 5.41 Å². The van der Waals surface area contributed by atoms with Gasteiger partial charge in [-0.25, -0.2) is 0 Å². The lowest BCUT2D eigenvalue weighted by molar-refractivity contribution is -0.110. The Kier molecular flexibility index (Phi) is 5.69. The molecule has 0 aromatic rings. The molecule has 0 aliphatic heterocycles. The third kappa shape index (κ3) is 3.70. The van der Waals surface area contributed by atoms with Crippen molar-refractivity contribution < 1.29 is 14.2 Å². The number of hydrogen-bond donors (Lipinski definition) is 1. The maximum atomic E-state index is 5.91. The Morgan fingerprint density at radius 1 is 1.19 bits per heavy atom. The van der Waals surface area contributed by atoms with Gasteiger partial charge in [-0.3, -0.25) is 0 Å². The molecule has 2 N–H and O–H groups in total. The fourth-order valence-corrected chi connectivity index (χ4v) is 1.83. The van der Waals surface area contributed by atoms with E-state index in [1.807, 2.05) is 0 Å². The van der Waals surface area contributed by atoms with E-state index in [2.05, 4.69) is 13.8 Å². The number of rotatable bonds is 8. The highest BCUT2D eigenvalue weighted by atomic mass is 16.5. The van der Waals surface area contributed by atoms with E-state index in [4.69, 9.17) is 19.9 Å². The Hall–Kier alpha value is -0.160. The van der Waals surface area contributed by atoms with Crippen LogP contribution >= 0.6 is 0 Å². The monoisotopic (exact) mass is 231 g/mol. The molecule has 2 atom stereocenters. The molecule has 0 amide bonds. The molecular formula is C12H25NO3. The van der Waals surface area contributed by atoms with Gasteiger partial charge in [0.05, 0.1) is 19.3 Å². The van der Waals surface area contributed by atoms with Gasteiger partial charge in [0.15, 0.2) is 0 Å². The van der Waals surface area contributed by atoms with Crippen LogP contribution in [0.25, 0.3) is 0 Å². The second kappa shape index (κ2) is 6.55. The summed E-state index contributed by atoms with van der Waals surface area (Å²) < 4.78 is 16.0. The Morgan fingerprint density at radius 3 is 2.50 bits per heavy atom. The van der Waals surface area contributed by atoms with Crippen LogP contribution in [0.1, 0.15) is 26.7 Å². The molecule has 1 aliphatic carbocycles. The molecule has 0 aromatic carbocycles. The summed E-state index contributed by atoms with van der Waals surface area (Å²) in [5, 5.41) is 0. The van der Waals surface area contributed by atoms with Gasteiger partial charge in [0.25, 0.3) is 0 Å². The Balaban J connectivity index is 1.93. The fourth-order valence-electron chi connectivity index (χ4n) is 1.83. The van der Waals surface area contributed by atoms with Crippen molar-refractivity contribution >= 4 is 0 Å². The summed E-state index contributed by atoms with van der Waals surface area (Å²) in [4.78, 5) is 0. The Morgan fingerprint density at radius 2 is 1.94 bits per heavy atom. The third-order valence-electron chi connectivity index (χ3n) is 3.44. The molecule has 1 saturated carbocycles. The molecule has 0 heterocycles. The average Bonchev–Trinajstić information content (AvgIpc) is 2.26. The minimum Gasteiger partial charge on any atom is -0.382 e. The maximum Gasteiger partial charge on any atom is 0.0700 e. The molecule has 1 fully saturated rings. The van der Waals surface area contributed by atoms with Crippen LogP contribution in [-0.2, 0) is 14.2 Å². The predicted octanol–water partition coefficient (Wildman–Crippen LogP) is 1.18. The quantitative estimate of drug-likeness (QED) is 0.637. The molecule has 4 heteroatoms. The lowest BCUT2D eigenvalue weighted by atomic mass is 9.65. The van der Waals surface area contributed by atoms with Crippen molar-refractivity contribution in [2.45, 2.75) is 38.8 Å². The Bertz CT molecular complexity index is 197. The molecule has 0 saturated heterocycles. The van der Waals surface area contributed by atoms with E-state index < -0.39 is 0 Å². The first-order chi connectivity index (χ1) is 7.59. The summed E-state index contributed by atoms with van der Waals surface area (Å²) in [5.41, 5.74) is 6.05. The summed E-state index contributed by atoms with van der Waals surface area (Å²) in [6, 6.07) is 0.287. The highest BCUT2D eigenvalue weighted by molar-refractivity contribution is 5.00. The zero-order chi connectivity index (χ0) is 12.0. The van der Waals surface area contributed by atoms with Crippen LogP contribution in [0.3, 0.4) is 0 Å². The van der Waals surface area contributed by atoms with Crippen LogP contribution in [0.4, 0.5) is 0 Å². The van der Waals surface area contributed by atoms with Crippen molar-refractivity contribution in [2.24, 2.45) is 11.1 Å². The second-order valence-electron chi connectivity index (χ2n) is 4.98. The number of nitrogens with two attached hydrogens (primary N) is 1. The van der Waals surface area contributed by atoms with Gasteiger partial charge in [-0.2, -0.15) is 0 Å². The molecule has 1 aliphatic rings. The lowest BCUT2D eigenvalue weighted by Gasteiger charge is -2.49. The van der Waals surface area contributed by atoms with Gasteiger partial charge in [0, 0.05) is 31.8 Å². The largest absolute Gasteiger partial charge is 0.382 e. The van der Waals surface area contributed by atoms with Crippen LogP contribution in [0.15, 0.2) is 0 Å². The topological polar surface area (TPSA) is 53.7 Å². The van der Waals surface area contributed by atoms with Gasteiger partial charge in [-0.05, 0) is 12.8 Å². The fraction of sp³-hybridized carbons (Fsp3) is 1.00. The van der Waals surface area contributed by atoms with Crippen molar-refractivity contribution in [3.05, 3.63) is 0 Å².